The van der Waals surface area contributed by atoms with Crippen LogP contribution >= 0.6 is 0 Å². The molecular formula is C67H127NO5. The highest BCUT2D eigenvalue weighted by Gasteiger charge is 2.20. The number of unbranched alkanes of at least 4 members (excludes halogenated alkanes) is 44. The number of aliphatic hydroxyl groups excluding tert-OH is 2. The summed E-state index contributed by atoms with van der Waals surface area (Å²) in [5, 5.41) is 23.1. The quantitative estimate of drug-likeness (QED) is 0.0320. The van der Waals surface area contributed by atoms with Crippen molar-refractivity contribution in [2.45, 2.75) is 366 Å². The first-order valence-electron chi connectivity index (χ1n) is 32.7. The number of aliphatic hydroxyl groups is 2. The number of carbonyl (C=O) groups is 2. The minimum Gasteiger partial charge on any atom is -0.466 e. The molecule has 0 bridgehead atoms. The summed E-state index contributed by atoms with van der Waals surface area (Å²) in [7, 11) is 0. The van der Waals surface area contributed by atoms with Gasteiger partial charge in [0.1, 0.15) is 0 Å². The zero-order valence-corrected chi connectivity index (χ0v) is 49.1. The molecule has 0 aromatic heterocycles. The van der Waals surface area contributed by atoms with Crippen LogP contribution in [0.15, 0.2) is 36.5 Å². The van der Waals surface area contributed by atoms with Crippen LogP contribution in [0.4, 0.5) is 0 Å². The third-order valence-corrected chi connectivity index (χ3v) is 15.2. The lowest BCUT2D eigenvalue weighted by Crippen LogP contribution is -2.45. The normalized spacial score (nSPS) is 12.8. The second kappa shape index (κ2) is 62.6. The van der Waals surface area contributed by atoms with Gasteiger partial charge in [-0.15, -0.1) is 0 Å². The molecule has 0 saturated carbocycles. The smallest absolute Gasteiger partial charge is 0.305 e. The van der Waals surface area contributed by atoms with Gasteiger partial charge in [0.05, 0.1) is 25.4 Å². The summed E-state index contributed by atoms with van der Waals surface area (Å²) < 4.78 is 5.48. The maximum atomic E-state index is 12.4. The van der Waals surface area contributed by atoms with Crippen molar-refractivity contribution in [3.05, 3.63) is 36.5 Å². The van der Waals surface area contributed by atoms with Gasteiger partial charge in [0, 0.05) is 12.8 Å². The molecule has 0 aliphatic rings. The van der Waals surface area contributed by atoms with Gasteiger partial charge in [0.15, 0.2) is 0 Å². The fraction of sp³-hybridized carbons (Fsp3) is 0.881. The van der Waals surface area contributed by atoms with Crippen LogP contribution < -0.4 is 5.32 Å². The van der Waals surface area contributed by atoms with Gasteiger partial charge < -0.3 is 20.3 Å². The van der Waals surface area contributed by atoms with E-state index in [-0.39, 0.29) is 18.5 Å². The Morgan fingerprint density at radius 2 is 0.685 bits per heavy atom. The Hall–Kier alpha value is -1.92. The van der Waals surface area contributed by atoms with Crippen molar-refractivity contribution in [3.8, 4) is 0 Å². The van der Waals surface area contributed by atoms with E-state index in [0.717, 1.165) is 51.4 Å². The summed E-state index contributed by atoms with van der Waals surface area (Å²) in [5.74, 6) is -0.0290. The van der Waals surface area contributed by atoms with Gasteiger partial charge in [0.2, 0.25) is 5.91 Å². The summed E-state index contributed by atoms with van der Waals surface area (Å²) in [4.78, 5) is 24.5. The molecule has 0 aliphatic heterocycles. The van der Waals surface area contributed by atoms with Crippen LogP contribution in [0.2, 0.25) is 0 Å². The minimum absolute atomic E-state index is 0.00559. The standard InChI is InChI=1S/C67H127NO5/c1-3-5-7-9-11-13-14-15-38-41-45-49-53-57-61-67(72)73-62-58-54-50-46-42-39-36-34-32-30-28-26-24-22-20-18-16-17-19-21-23-25-27-29-31-33-35-37-40-44-48-52-56-60-66(71)68-64(63-69)65(70)59-55-51-47-43-12-10-8-6-4-2/h14-15,20,22,26,28,64-65,69-70H,3-13,16-19,21,23-25,27,29-63H2,1-2H3,(H,68,71)/b15-14-,22-20-,28-26-. The zero-order chi connectivity index (χ0) is 52.9. The number of amides is 1. The summed E-state index contributed by atoms with van der Waals surface area (Å²) in [5.41, 5.74) is 0. The van der Waals surface area contributed by atoms with Gasteiger partial charge in [-0.05, 0) is 83.5 Å². The molecule has 0 aliphatic carbocycles. The van der Waals surface area contributed by atoms with E-state index in [2.05, 4.69) is 55.6 Å². The van der Waals surface area contributed by atoms with Crippen LogP contribution in [0.25, 0.3) is 0 Å². The zero-order valence-electron chi connectivity index (χ0n) is 49.1. The molecule has 0 rings (SSSR count). The van der Waals surface area contributed by atoms with Crippen LogP contribution in [0.3, 0.4) is 0 Å². The lowest BCUT2D eigenvalue weighted by atomic mass is 10.0. The topological polar surface area (TPSA) is 95.9 Å². The number of hydrogen-bond donors (Lipinski definition) is 3. The van der Waals surface area contributed by atoms with Crippen molar-refractivity contribution >= 4 is 11.9 Å². The van der Waals surface area contributed by atoms with Crippen molar-refractivity contribution in [3.63, 3.8) is 0 Å². The molecule has 0 fully saturated rings. The molecule has 3 N–H and O–H groups in total. The molecule has 1 amide bonds. The van der Waals surface area contributed by atoms with Gasteiger partial charge >= 0.3 is 5.97 Å². The summed E-state index contributed by atoms with van der Waals surface area (Å²) in [6.07, 6.45) is 79.1. The molecule has 0 saturated heterocycles. The number of hydrogen-bond acceptors (Lipinski definition) is 5. The van der Waals surface area contributed by atoms with Crippen LogP contribution in [-0.2, 0) is 14.3 Å². The molecule has 0 radical (unpaired) electrons. The Labute approximate surface area is 455 Å². The monoisotopic (exact) mass is 1030 g/mol. The van der Waals surface area contributed by atoms with Crippen molar-refractivity contribution in [1.29, 1.82) is 0 Å². The first kappa shape index (κ1) is 71.1. The fourth-order valence-electron chi connectivity index (χ4n) is 10.1. The number of ether oxygens (including phenoxy) is 1. The molecule has 2 unspecified atom stereocenters. The molecule has 0 spiro atoms. The van der Waals surface area contributed by atoms with Gasteiger partial charge in [-0.1, -0.05) is 294 Å². The summed E-state index contributed by atoms with van der Waals surface area (Å²) >= 11 is 0. The Kier molecular flexibility index (Phi) is 61.0. The van der Waals surface area contributed by atoms with E-state index in [1.165, 1.54) is 270 Å². The Bertz CT molecular complexity index is 1180. The molecule has 6 nitrogen and oxygen atoms in total. The van der Waals surface area contributed by atoms with Crippen molar-refractivity contribution < 1.29 is 24.5 Å². The van der Waals surface area contributed by atoms with Gasteiger partial charge in [-0.2, -0.15) is 0 Å². The highest BCUT2D eigenvalue weighted by Crippen LogP contribution is 2.18. The maximum absolute atomic E-state index is 12.4. The van der Waals surface area contributed by atoms with Crippen LogP contribution in [-0.4, -0.2) is 47.4 Å². The highest BCUT2D eigenvalue weighted by molar-refractivity contribution is 5.76. The molecule has 0 aromatic carbocycles. The predicted molar refractivity (Wildman–Crippen MR) is 319 cm³/mol. The second-order valence-electron chi connectivity index (χ2n) is 22.4. The second-order valence-corrected chi connectivity index (χ2v) is 22.4. The summed E-state index contributed by atoms with van der Waals surface area (Å²) in [6.45, 7) is 4.93. The lowest BCUT2D eigenvalue weighted by molar-refractivity contribution is -0.143. The molecule has 2 atom stereocenters. The van der Waals surface area contributed by atoms with Gasteiger partial charge in [-0.25, -0.2) is 0 Å². The summed E-state index contributed by atoms with van der Waals surface area (Å²) in [6, 6.07) is -0.538. The average Bonchev–Trinajstić information content (AvgIpc) is 3.39. The van der Waals surface area contributed by atoms with Crippen molar-refractivity contribution in [2.75, 3.05) is 13.2 Å². The number of allylic oxidation sites excluding steroid dienone is 6. The molecule has 0 aromatic rings. The Morgan fingerprint density at radius 3 is 1.05 bits per heavy atom. The lowest BCUT2D eigenvalue weighted by Gasteiger charge is -2.22. The Balaban J connectivity index is 3.35. The fourth-order valence-corrected chi connectivity index (χ4v) is 10.1. The van der Waals surface area contributed by atoms with E-state index in [4.69, 9.17) is 4.74 Å². The highest BCUT2D eigenvalue weighted by atomic mass is 16.5. The van der Waals surface area contributed by atoms with E-state index < -0.39 is 12.1 Å². The van der Waals surface area contributed by atoms with Crippen LogP contribution in [0, 0.1) is 0 Å². The predicted octanol–water partition coefficient (Wildman–Crippen LogP) is 20.8. The van der Waals surface area contributed by atoms with Crippen LogP contribution in [0.1, 0.15) is 354 Å². The minimum atomic E-state index is -0.660. The SMILES string of the molecule is CCCCCCC/C=C\CCCCCCCC(=O)OCCCCCCCCCCC/C=C\C/C=C\CCCCCCCCCCCCCCCCCCCC(=O)NC(CO)C(O)CCCCCCCCCCC. The first-order valence-corrected chi connectivity index (χ1v) is 32.7. The molecule has 430 valence electrons. The van der Waals surface area contributed by atoms with Crippen molar-refractivity contribution in [2.24, 2.45) is 0 Å². The largest absolute Gasteiger partial charge is 0.466 e. The first-order chi connectivity index (χ1) is 36.0. The third-order valence-electron chi connectivity index (χ3n) is 15.2. The van der Waals surface area contributed by atoms with E-state index in [9.17, 15) is 19.8 Å². The molecule has 0 heterocycles. The van der Waals surface area contributed by atoms with Gasteiger partial charge in [0.25, 0.3) is 0 Å². The maximum Gasteiger partial charge on any atom is 0.305 e. The number of nitrogens with one attached hydrogen (secondary N) is 1. The molecule has 6 heteroatoms. The number of carbonyl (C=O) groups excluding carboxylic acids is 2. The third kappa shape index (κ3) is 59.2. The Morgan fingerprint density at radius 1 is 0.384 bits per heavy atom. The molecule has 73 heavy (non-hydrogen) atoms. The van der Waals surface area contributed by atoms with E-state index in [1.54, 1.807) is 0 Å². The number of esters is 1. The van der Waals surface area contributed by atoms with Crippen molar-refractivity contribution in [1.82, 2.24) is 5.32 Å². The molecular weight excluding hydrogens is 899 g/mol. The number of rotatable bonds is 61. The van der Waals surface area contributed by atoms with E-state index in [0.29, 0.717) is 25.9 Å². The average molecular weight is 1030 g/mol. The van der Waals surface area contributed by atoms with E-state index in [1.807, 2.05) is 0 Å². The van der Waals surface area contributed by atoms with E-state index >= 15 is 0 Å². The van der Waals surface area contributed by atoms with Crippen LogP contribution in [0.5, 0.6) is 0 Å². The van der Waals surface area contributed by atoms with Gasteiger partial charge in [-0.3, -0.25) is 9.59 Å².